The van der Waals surface area contributed by atoms with Crippen LogP contribution in [0.2, 0.25) is 0 Å². The van der Waals surface area contributed by atoms with E-state index in [1.165, 1.54) is 12.3 Å². The van der Waals surface area contributed by atoms with Crippen molar-refractivity contribution in [1.29, 1.82) is 0 Å². The summed E-state index contributed by atoms with van der Waals surface area (Å²) in [5, 5.41) is 15.0. The van der Waals surface area contributed by atoms with Gasteiger partial charge in [-0.15, -0.1) is 0 Å². The van der Waals surface area contributed by atoms with Gasteiger partial charge in [-0.3, -0.25) is 19.2 Å². The number of nitrogens with zero attached hydrogens (tertiary/aromatic N) is 2. The minimum Gasteiger partial charge on any atom is -0.444 e. The smallest absolute Gasteiger partial charge is 0.413 e. The summed E-state index contributed by atoms with van der Waals surface area (Å²) in [6.45, 7) is 3.16. The molecule has 1 aromatic heterocycles. The highest BCUT2D eigenvalue weighted by molar-refractivity contribution is 7.54. The summed E-state index contributed by atoms with van der Waals surface area (Å²) >= 11 is 0. The number of aliphatic hydroxyl groups is 1. The lowest BCUT2D eigenvalue weighted by molar-refractivity contribution is -0.121. The number of carbonyl (C=O) groups excluding carboxylic acids is 2. The third-order valence-electron chi connectivity index (χ3n) is 4.34. The summed E-state index contributed by atoms with van der Waals surface area (Å²) in [5.74, 6) is -1.95. The summed E-state index contributed by atoms with van der Waals surface area (Å²) in [5.41, 5.74) is 0.0476. The number of rotatable bonds is 13. The van der Waals surface area contributed by atoms with Crippen molar-refractivity contribution in [3.05, 3.63) is 58.6 Å². The lowest BCUT2D eigenvalue weighted by atomic mass is 10.2. The van der Waals surface area contributed by atoms with Crippen molar-refractivity contribution in [2.75, 3.05) is 25.1 Å². The van der Waals surface area contributed by atoms with Gasteiger partial charge in [-0.25, -0.2) is 9.59 Å². The van der Waals surface area contributed by atoms with E-state index >= 15 is 0 Å². The second kappa shape index (κ2) is 13.6. The molecule has 186 valence electrons. The standard InChI is InChI=1S/C21H29N4O8P/c1-3-32-34(30,33-4-2)19(27)10-12-22-18(26)14-25-13-11-17(23-20(25)28)24-21(29)31-15-16-8-6-5-7-9-16/h5-9,11,13,19,27H,3-4,10,12,14-15H2,1-2H3,(H,22,26)(H,23,24,28,29). The summed E-state index contributed by atoms with van der Waals surface area (Å²) in [6.07, 6.45) is 0.459. The average molecular weight is 496 g/mol. The van der Waals surface area contributed by atoms with Crippen molar-refractivity contribution in [3.63, 3.8) is 0 Å². The van der Waals surface area contributed by atoms with Crippen molar-refractivity contribution in [3.8, 4) is 0 Å². The van der Waals surface area contributed by atoms with Crippen LogP contribution in [-0.2, 0) is 36.3 Å². The summed E-state index contributed by atoms with van der Waals surface area (Å²) < 4.78 is 28.7. The number of hydrogen-bond acceptors (Lipinski definition) is 9. The predicted octanol–water partition coefficient (Wildman–Crippen LogP) is 2.08. The van der Waals surface area contributed by atoms with Crippen LogP contribution in [0.4, 0.5) is 10.6 Å². The van der Waals surface area contributed by atoms with Gasteiger partial charge in [0.05, 0.1) is 13.2 Å². The quantitative estimate of drug-likeness (QED) is 0.353. The SMILES string of the molecule is CCOP(=O)(OCC)C(O)CCNC(=O)Cn1ccc(NC(=O)OCc2ccccc2)nc1=O. The molecule has 13 heteroatoms. The van der Waals surface area contributed by atoms with Crippen LogP contribution in [0.3, 0.4) is 0 Å². The van der Waals surface area contributed by atoms with Crippen LogP contribution in [0.1, 0.15) is 25.8 Å². The highest BCUT2D eigenvalue weighted by atomic mass is 31.2. The van der Waals surface area contributed by atoms with Gasteiger partial charge in [-0.1, -0.05) is 30.3 Å². The number of aromatic nitrogens is 2. The number of nitrogens with one attached hydrogen (secondary N) is 2. The van der Waals surface area contributed by atoms with Crippen molar-refractivity contribution >= 4 is 25.4 Å². The Morgan fingerprint density at radius 1 is 1.15 bits per heavy atom. The lowest BCUT2D eigenvalue weighted by Gasteiger charge is -2.22. The molecular weight excluding hydrogens is 467 g/mol. The maximum Gasteiger partial charge on any atom is 0.413 e. The highest BCUT2D eigenvalue weighted by Gasteiger charge is 2.33. The number of anilines is 1. The molecule has 3 N–H and O–H groups in total. The molecule has 2 rings (SSSR count). The monoisotopic (exact) mass is 496 g/mol. The molecule has 0 saturated carbocycles. The van der Waals surface area contributed by atoms with E-state index < -0.39 is 31.1 Å². The molecule has 0 spiro atoms. The lowest BCUT2D eigenvalue weighted by Crippen LogP contribution is -2.34. The first kappa shape index (κ1) is 27.2. The van der Waals surface area contributed by atoms with Crippen molar-refractivity contribution in [2.24, 2.45) is 0 Å². The van der Waals surface area contributed by atoms with Crippen LogP contribution in [0.5, 0.6) is 0 Å². The van der Waals surface area contributed by atoms with E-state index in [2.05, 4.69) is 15.6 Å². The first-order chi connectivity index (χ1) is 16.3. The summed E-state index contributed by atoms with van der Waals surface area (Å²) in [4.78, 5) is 39.9. The van der Waals surface area contributed by atoms with Gasteiger partial charge in [-0.2, -0.15) is 4.98 Å². The molecular formula is C21H29N4O8P. The molecule has 1 heterocycles. The molecule has 2 amide bonds. The minimum absolute atomic E-state index is 0.0147. The fourth-order valence-corrected chi connectivity index (χ4v) is 4.35. The number of carbonyl (C=O) groups is 2. The first-order valence-electron chi connectivity index (χ1n) is 10.7. The van der Waals surface area contributed by atoms with Gasteiger partial charge in [0.15, 0.2) is 5.85 Å². The molecule has 0 aliphatic rings. The Morgan fingerprint density at radius 2 is 1.82 bits per heavy atom. The van der Waals surface area contributed by atoms with Gasteiger partial charge in [-0.05, 0) is 25.5 Å². The second-order valence-corrected chi connectivity index (χ2v) is 9.10. The Balaban J connectivity index is 1.81. The molecule has 1 aromatic carbocycles. The normalized spacial score (nSPS) is 12.1. The van der Waals surface area contributed by atoms with E-state index in [0.29, 0.717) is 0 Å². The van der Waals surface area contributed by atoms with E-state index in [9.17, 15) is 24.1 Å². The third kappa shape index (κ3) is 8.71. The molecule has 0 aliphatic heterocycles. The molecule has 0 radical (unpaired) electrons. The predicted molar refractivity (Wildman–Crippen MR) is 123 cm³/mol. The number of hydrogen-bond donors (Lipinski definition) is 3. The van der Waals surface area contributed by atoms with Crippen LogP contribution < -0.4 is 16.3 Å². The van der Waals surface area contributed by atoms with Crippen LogP contribution in [0.15, 0.2) is 47.4 Å². The minimum atomic E-state index is -3.69. The average Bonchev–Trinajstić information content (AvgIpc) is 2.80. The molecule has 1 atom stereocenters. The molecule has 34 heavy (non-hydrogen) atoms. The van der Waals surface area contributed by atoms with Gasteiger partial charge < -0.3 is 24.2 Å². The topological polar surface area (TPSA) is 158 Å². The second-order valence-electron chi connectivity index (χ2n) is 6.90. The van der Waals surface area contributed by atoms with E-state index in [1.54, 1.807) is 26.0 Å². The van der Waals surface area contributed by atoms with Gasteiger partial charge in [0.2, 0.25) is 5.91 Å². The third-order valence-corrected chi connectivity index (χ3v) is 6.56. The van der Waals surface area contributed by atoms with Gasteiger partial charge in [0, 0.05) is 19.2 Å². The van der Waals surface area contributed by atoms with Crippen LogP contribution in [0, 0.1) is 0 Å². The fourth-order valence-electron chi connectivity index (χ4n) is 2.76. The highest BCUT2D eigenvalue weighted by Crippen LogP contribution is 2.52. The van der Waals surface area contributed by atoms with E-state index in [4.69, 9.17) is 13.8 Å². The van der Waals surface area contributed by atoms with Crippen molar-refractivity contribution in [1.82, 2.24) is 14.9 Å². The summed E-state index contributed by atoms with van der Waals surface area (Å²) in [7, 11) is -3.69. The van der Waals surface area contributed by atoms with E-state index in [1.807, 2.05) is 18.2 Å². The zero-order valence-electron chi connectivity index (χ0n) is 19.0. The molecule has 0 fully saturated rings. The van der Waals surface area contributed by atoms with Gasteiger partial charge in [0.1, 0.15) is 19.0 Å². The number of benzene rings is 1. The van der Waals surface area contributed by atoms with Crippen molar-refractivity contribution in [2.45, 2.75) is 39.3 Å². The fraction of sp³-hybridized carbons (Fsp3) is 0.429. The first-order valence-corrected chi connectivity index (χ1v) is 12.3. The molecule has 0 aliphatic carbocycles. The van der Waals surface area contributed by atoms with Crippen molar-refractivity contribution < 1.29 is 33.0 Å². The molecule has 2 aromatic rings. The number of ether oxygens (including phenoxy) is 1. The van der Waals surface area contributed by atoms with Gasteiger partial charge in [0.25, 0.3) is 0 Å². The molecule has 0 saturated heterocycles. The molecule has 1 unspecified atom stereocenters. The zero-order chi connectivity index (χ0) is 25.0. The maximum atomic E-state index is 12.4. The van der Waals surface area contributed by atoms with E-state index in [-0.39, 0.29) is 45.1 Å². The maximum absolute atomic E-state index is 12.4. The van der Waals surface area contributed by atoms with Crippen LogP contribution in [0.25, 0.3) is 0 Å². The van der Waals surface area contributed by atoms with Gasteiger partial charge >= 0.3 is 19.4 Å². The Hall–Kier alpha value is -3.05. The summed E-state index contributed by atoms with van der Waals surface area (Å²) in [6, 6.07) is 10.4. The zero-order valence-corrected chi connectivity index (χ0v) is 19.9. The Bertz CT molecular complexity index is 1040. The van der Waals surface area contributed by atoms with Crippen LogP contribution in [-0.4, -0.2) is 52.3 Å². The molecule has 0 bridgehead atoms. The number of aliphatic hydroxyl groups excluding tert-OH is 1. The number of amides is 2. The Morgan fingerprint density at radius 3 is 2.44 bits per heavy atom. The molecule has 12 nitrogen and oxygen atoms in total. The largest absolute Gasteiger partial charge is 0.444 e. The van der Waals surface area contributed by atoms with Crippen LogP contribution >= 0.6 is 7.60 Å². The van der Waals surface area contributed by atoms with E-state index in [0.717, 1.165) is 10.1 Å². The Kier molecular flexibility index (Phi) is 10.9. The Labute approximate surface area is 196 Å².